The number of quaternary nitrogens is 1. The Hall–Kier alpha value is -2.33. The third kappa shape index (κ3) is 5.91. The Morgan fingerprint density at radius 3 is 2.56 bits per heavy atom. The number of ether oxygens (including phenoxy) is 1. The van der Waals surface area contributed by atoms with Gasteiger partial charge in [-0.1, -0.05) is 38.1 Å². The van der Waals surface area contributed by atoms with E-state index in [2.05, 4.69) is 37.4 Å². The highest BCUT2D eigenvalue weighted by molar-refractivity contribution is 5.91. The van der Waals surface area contributed by atoms with Crippen LogP contribution >= 0.6 is 0 Å². The number of methoxy groups -OCH3 is 1. The van der Waals surface area contributed by atoms with E-state index in [0.29, 0.717) is 12.5 Å². The summed E-state index contributed by atoms with van der Waals surface area (Å²) < 4.78 is 5.24. The topological polar surface area (TPSA) is 42.8 Å². The summed E-state index contributed by atoms with van der Waals surface area (Å²) in [5.41, 5.74) is 3.31. The highest BCUT2D eigenvalue weighted by Crippen LogP contribution is 2.20. The molecule has 2 aromatic carbocycles. The van der Waals surface area contributed by atoms with Crippen molar-refractivity contribution in [2.24, 2.45) is 0 Å². The summed E-state index contributed by atoms with van der Waals surface area (Å²) >= 11 is 0. The first-order chi connectivity index (χ1) is 12.0. The summed E-state index contributed by atoms with van der Waals surface area (Å²) in [6.07, 6.45) is 1.12. The van der Waals surface area contributed by atoms with Gasteiger partial charge in [-0.3, -0.25) is 4.79 Å². The predicted molar refractivity (Wildman–Crippen MR) is 102 cm³/mol. The van der Waals surface area contributed by atoms with E-state index in [4.69, 9.17) is 4.74 Å². The molecule has 0 saturated heterocycles. The molecule has 0 fully saturated rings. The molecule has 4 heteroatoms. The zero-order valence-corrected chi connectivity index (χ0v) is 15.6. The lowest BCUT2D eigenvalue weighted by atomic mass is 9.99. The van der Waals surface area contributed by atoms with Gasteiger partial charge in [-0.2, -0.15) is 0 Å². The van der Waals surface area contributed by atoms with Crippen LogP contribution in [0.25, 0.3) is 0 Å². The monoisotopic (exact) mass is 341 g/mol. The molecule has 0 aromatic heterocycles. The van der Waals surface area contributed by atoms with Crippen molar-refractivity contribution in [1.29, 1.82) is 0 Å². The smallest absolute Gasteiger partial charge is 0.279 e. The number of likely N-dealkylation sites (N-methyl/N-ethyl adjacent to an activating group) is 1. The lowest BCUT2D eigenvalue weighted by Crippen LogP contribution is -3.08. The van der Waals surface area contributed by atoms with E-state index in [1.807, 2.05) is 37.4 Å². The average molecular weight is 341 g/mol. The van der Waals surface area contributed by atoms with Crippen LogP contribution in [0.3, 0.4) is 0 Å². The molecule has 0 aliphatic heterocycles. The predicted octanol–water partition coefficient (Wildman–Crippen LogP) is 2.86. The van der Waals surface area contributed by atoms with Gasteiger partial charge in [0.15, 0.2) is 6.54 Å². The number of hydrogen-bond acceptors (Lipinski definition) is 2. The molecular weight excluding hydrogens is 312 g/mol. The fourth-order valence-corrected chi connectivity index (χ4v) is 2.80. The molecule has 2 aromatic rings. The largest absolute Gasteiger partial charge is 0.497 e. The molecule has 0 spiro atoms. The van der Waals surface area contributed by atoms with Gasteiger partial charge in [0.2, 0.25) is 0 Å². The highest BCUT2D eigenvalue weighted by atomic mass is 16.5. The Balaban J connectivity index is 1.86. The quantitative estimate of drug-likeness (QED) is 0.775. The minimum atomic E-state index is 0.0247. The van der Waals surface area contributed by atoms with Crippen LogP contribution in [0.2, 0.25) is 0 Å². The minimum absolute atomic E-state index is 0.0247. The zero-order chi connectivity index (χ0) is 18.2. The number of hydrogen-bond donors (Lipinski definition) is 2. The van der Waals surface area contributed by atoms with E-state index in [1.54, 1.807) is 7.11 Å². The molecule has 0 bridgehead atoms. The number of rotatable bonds is 8. The molecule has 1 amide bonds. The van der Waals surface area contributed by atoms with E-state index < -0.39 is 0 Å². The maximum absolute atomic E-state index is 12.3. The Labute approximate surface area is 150 Å². The van der Waals surface area contributed by atoms with E-state index in [-0.39, 0.29) is 5.91 Å². The van der Waals surface area contributed by atoms with Crippen molar-refractivity contribution in [2.75, 3.05) is 26.0 Å². The molecule has 0 heterocycles. The summed E-state index contributed by atoms with van der Waals surface area (Å²) in [6, 6.07) is 16.1. The highest BCUT2D eigenvalue weighted by Gasteiger charge is 2.12. The van der Waals surface area contributed by atoms with Crippen molar-refractivity contribution in [1.82, 2.24) is 0 Å². The second-order valence-corrected chi connectivity index (χ2v) is 6.64. The number of nitrogens with one attached hydrogen (secondary N) is 2. The lowest BCUT2D eigenvalue weighted by molar-refractivity contribution is -0.885. The van der Waals surface area contributed by atoms with Crippen LogP contribution in [0.4, 0.5) is 5.69 Å². The second-order valence-electron chi connectivity index (χ2n) is 6.64. The Morgan fingerprint density at radius 2 is 1.92 bits per heavy atom. The molecule has 2 atom stereocenters. The first-order valence-corrected chi connectivity index (χ1v) is 8.85. The summed E-state index contributed by atoms with van der Waals surface area (Å²) in [5.74, 6) is 1.41. The summed E-state index contributed by atoms with van der Waals surface area (Å²) in [5, 5.41) is 2.98. The number of amides is 1. The second kappa shape index (κ2) is 9.23. The van der Waals surface area contributed by atoms with Crippen LogP contribution in [-0.2, 0) is 11.3 Å². The Kier molecular flexibility index (Phi) is 7.02. The number of carbonyl (C=O) groups excluding carboxylic acids is 1. The zero-order valence-electron chi connectivity index (χ0n) is 15.6. The van der Waals surface area contributed by atoms with Gasteiger partial charge in [-0.15, -0.1) is 0 Å². The van der Waals surface area contributed by atoms with E-state index in [9.17, 15) is 4.79 Å². The van der Waals surface area contributed by atoms with Crippen molar-refractivity contribution in [3.05, 3.63) is 59.7 Å². The van der Waals surface area contributed by atoms with Gasteiger partial charge in [0.25, 0.3) is 5.91 Å². The third-order valence-electron chi connectivity index (χ3n) is 4.48. The normalized spacial score (nSPS) is 13.1. The Bertz CT molecular complexity index is 683. The average Bonchev–Trinajstić information content (AvgIpc) is 2.61. The van der Waals surface area contributed by atoms with Gasteiger partial charge in [0, 0.05) is 11.3 Å². The van der Waals surface area contributed by atoms with Crippen LogP contribution < -0.4 is 15.0 Å². The Morgan fingerprint density at radius 1 is 1.20 bits per heavy atom. The molecule has 25 heavy (non-hydrogen) atoms. The first-order valence-electron chi connectivity index (χ1n) is 8.85. The number of carbonyl (C=O) groups is 1. The molecule has 1 unspecified atom stereocenters. The van der Waals surface area contributed by atoms with Crippen molar-refractivity contribution >= 4 is 11.6 Å². The van der Waals surface area contributed by atoms with Crippen LogP contribution in [0, 0.1) is 0 Å². The molecule has 0 aliphatic carbocycles. The van der Waals surface area contributed by atoms with Crippen LogP contribution in [0.15, 0.2) is 48.5 Å². The van der Waals surface area contributed by atoms with E-state index in [0.717, 1.165) is 34.9 Å². The fourth-order valence-electron chi connectivity index (χ4n) is 2.80. The van der Waals surface area contributed by atoms with Gasteiger partial charge in [-0.25, -0.2) is 0 Å². The summed E-state index contributed by atoms with van der Waals surface area (Å²) in [6.45, 7) is 5.59. The van der Waals surface area contributed by atoms with Gasteiger partial charge in [-0.05, 0) is 42.2 Å². The van der Waals surface area contributed by atoms with Gasteiger partial charge in [0.1, 0.15) is 12.3 Å². The van der Waals surface area contributed by atoms with E-state index in [1.165, 1.54) is 5.56 Å². The van der Waals surface area contributed by atoms with Crippen molar-refractivity contribution in [3.63, 3.8) is 0 Å². The molecule has 2 N–H and O–H groups in total. The van der Waals surface area contributed by atoms with Crippen molar-refractivity contribution in [2.45, 2.75) is 32.7 Å². The fraction of sp³-hybridized carbons (Fsp3) is 0.381. The summed E-state index contributed by atoms with van der Waals surface area (Å²) in [7, 11) is 3.68. The number of benzene rings is 2. The minimum Gasteiger partial charge on any atom is -0.497 e. The molecule has 2 rings (SSSR count). The van der Waals surface area contributed by atoms with E-state index >= 15 is 0 Å². The molecular formula is C21H29N2O2+. The van der Waals surface area contributed by atoms with Crippen LogP contribution in [-0.4, -0.2) is 26.6 Å². The maximum atomic E-state index is 12.3. The lowest BCUT2D eigenvalue weighted by Gasteiger charge is -2.15. The summed E-state index contributed by atoms with van der Waals surface area (Å²) in [4.78, 5) is 13.4. The van der Waals surface area contributed by atoms with Crippen molar-refractivity contribution in [3.8, 4) is 5.75 Å². The van der Waals surface area contributed by atoms with Crippen LogP contribution in [0.1, 0.15) is 37.3 Å². The molecule has 134 valence electrons. The third-order valence-corrected chi connectivity index (χ3v) is 4.48. The maximum Gasteiger partial charge on any atom is 0.279 e. The van der Waals surface area contributed by atoms with Crippen molar-refractivity contribution < 1.29 is 14.4 Å². The molecule has 4 nitrogen and oxygen atoms in total. The molecule has 0 radical (unpaired) electrons. The molecule has 0 aliphatic rings. The molecule has 0 saturated carbocycles. The van der Waals surface area contributed by atoms with Crippen LogP contribution in [0.5, 0.6) is 5.75 Å². The first kappa shape index (κ1) is 19.0. The van der Waals surface area contributed by atoms with Gasteiger partial charge in [0.05, 0.1) is 14.2 Å². The number of anilines is 1. The SMILES string of the molecule is CC[C@H](C)c1ccc(NC(=O)C[NH+](C)Cc2cccc(OC)c2)cc1. The standard InChI is InChI=1S/C21H28N2O2/c1-5-16(2)18-9-11-19(12-10-18)22-21(24)15-23(3)14-17-7-6-8-20(13-17)25-4/h6-13,16H,5,14-15H2,1-4H3,(H,22,24)/p+1/t16-/m0/s1. The van der Waals surface area contributed by atoms with Gasteiger partial charge >= 0.3 is 0 Å². The van der Waals surface area contributed by atoms with Gasteiger partial charge < -0.3 is 15.0 Å².